The van der Waals surface area contributed by atoms with Crippen LogP contribution in [-0.4, -0.2) is 27.7 Å². The van der Waals surface area contributed by atoms with Gasteiger partial charge in [0.2, 0.25) is 5.91 Å². The lowest BCUT2D eigenvalue weighted by Crippen LogP contribution is -2.12. The third kappa shape index (κ3) is 4.83. The maximum atomic E-state index is 12.2. The number of carbonyl (C=O) groups is 2. The van der Waals surface area contributed by atoms with E-state index in [-0.39, 0.29) is 40.4 Å². The normalized spacial score (nSPS) is 10.1. The summed E-state index contributed by atoms with van der Waals surface area (Å²) in [5, 5.41) is 31.0. The fourth-order valence-corrected chi connectivity index (χ4v) is 3.67. The zero-order valence-electron chi connectivity index (χ0n) is 16.0. The number of carbonyl (C=O) groups excluding carboxylic acids is 1. The van der Waals surface area contributed by atoms with E-state index in [1.54, 1.807) is 12.1 Å². The molecule has 0 bridgehead atoms. The quantitative estimate of drug-likeness (QED) is 0.473. The molecule has 0 saturated heterocycles. The number of benzene rings is 1. The van der Waals surface area contributed by atoms with Crippen LogP contribution in [0, 0.1) is 22.7 Å². The fourth-order valence-electron chi connectivity index (χ4n) is 2.73. The summed E-state index contributed by atoms with van der Waals surface area (Å²) in [7, 11) is 0. The number of carboxylic acid groups (broad SMARTS) is 1. The molecule has 2 aromatic heterocycles. The average Bonchev–Trinajstić information content (AvgIpc) is 3.28. The first kappa shape index (κ1) is 21.4. The van der Waals surface area contributed by atoms with Crippen molar-refractivity contribution in [1.82, 2.24) is 4.98 Å². The third-order valence-electron chi connectivity index (χ3n) is 4.17. The number of nitrogen functional groups attached to an aromatic ring is 1. The number of carboxylic acids is 1. The van der Waals surface area contributed by atoms with Gasteiger partial charge in [-0.1, -0.05) is 0 Å². The third-order valence-corrected chi connectivity index (χ3v) is 5.14. The predicted octanol–water partition coefficient (Wildman–Crippen LogP) is 3.49. The monoisotopic (exact) mass is 433 g/mol. The van der Waals surface area contributed by atoms with E-state index in [0.717, 1.165) is 11.8 Å². The number of hydrogen-bond acceptors (Lipinski definition) is 8. The second-order valence-electron chi connectivity index (χ2n) is 6.16. The molecule has 31 heavy (non-hydrogen) atoms. The first-order valence-corrected chi connectivity index (χ1v) is 9.86. The summed E-state index contributed by atoms with van der Waals surface area (Å²) in [6.45, 7) is 0. The summed E-state index contributed by atoms with van der Waals surface area (Å²) >= 11 is 1.16. The zero-order chi connectivity index (χ0) is 22.4. The first-order valence-electron chi connectivity index (χ1n) is 8.88. The van der Waals surface area contributed by atoms with Crippen LogP contribution in [0.5, 0.6) is 0 Å². The fraction of sp³-hybridized carbons (Fsp3) is 0.0952. The molecule has 4 N–H and O–H groups in total. The Morgan fingerprint density at radius 3 is 2.45 bits per heavy atom. The summed E-state index contributed by atoms with van der Waals surface area (Å²) in [5.74, 6) is -0.749. The van der Waals surface area contributed by atoms with Crippen molar-refractivity contribution in [3.63, 3.8) is 0 Å². The van der Waals surface area contributed by atoms with Gasteiger partial charge in [-0.2, -0.15) is 10.5 Å². The molecular formula is C21H15N5O4S. The van der Waals surface area contributed by atoms with Crippen LogP contribution < -0.4 is 11.1 Å². The number of furan rings is 1. The molecule has 0 aliphatic carbocycles. The minimum absolute atomic E-state index is 0.0293. The van der Waals surface area contributed by atoms with Gasteiger partial charge in [0, 0.05) is 17.9 Å². The molecule has 3 rings (SSSR count). The second kappa shape index (κ2) is 9.48. The molecule has 0 spiro atoms. The number of anilines is 2. The predicted molar refractivity (Wildman–Crippen MR) is 113 cm³/mol. The van der Waals surface area contributed by atoms with Crippen molar-refractivity contribution in [3.8, 4) is 23.5 Å². The van der Waals surface area contributed by atoms with Gasteiger partial charge in [0.15, 0.2) is 0 Å². The van der Waals surface area contributed by atoms with Crippen molar-refractivity contribution < 1.29 is 19.1 Å². The molecule has 1 aromatic carbocycles. The van der Waals surface area contributed by atoms with Crippen molar-refractivity contribution in [2.75, 3.05) is 16.8 Å². The summed E-state index contributed by atoms with van der Waals surface area (Å²) in [4.78, 5) is 27.2. The molecule has 0 saturated carbocycles. The molecule has 0 aliphatic rings. The Kier molecular flexibility index (Phi) is 6.55. The van der Waals surface area contributed by atoms with Crippen molar-refractivity contribution in [3.05, 3.63) is 59.4 Å². The van der Waals surface area contributed by atoms with Gasteiger partial charge in [0.25, 0.3) is 0 Å². The highest BCUT2D eigenvalue weighted by Gasteiger charge is 2.22. The van der Waals surface area contributed by atoms with E-state index in [0.29, 0.717) is 22.2 Å². The Morgan fingerprint density at radius 1 is 1.16 bits per heavy atom. The molecule has 0 radical (unpaired) electrons. The molecule has 0 aliphatic heterocycles. The summed E-state index contributed by atoms with van der Waals surface area (Å²) in [6.07, 6.45) is 1.53. The van der Waals surface area contributed by atoms with Gasteiger partial charge in [-0.25, -0.2) is 9.78 Å². The van der Waals surface area contributed by atoms with Crippen LogP contribution in [0.2, 0.25) is 0 Å². The first-order chi connectivity index (χ1) is 14.9. The number of thioether (sulfide) groups is 1. The van der Waals surface area contributed by atoms with Gasteiger partial charge in [0.1, 0.15) is 34.3 Å². The highest BCUT2D eigenvalue weighted by molar-refractivity contribution is 7.99. The Bertz CT molecular complexity index is 1210. The van der Waals surface area contributed by atoms with Gasteiger partial charge in [-0.3, -0.25) is 4.79 Å². The molecule has 9 nitrogen and oxygen atoms in total. The van der Waals surface area contributed by atoms with E-state index in [1.165, 1.54) is 30.5 Å². The van der Waals surface area contributed by atoms with Crippen LogP contribution in [0.3, 0.4) is 0 Å². The molecule has 154 valence electrons. The van der Waals surface area contributed by atoms with E-state index >= 15 is 0 Å². The lowest BCUT2D eigenvalue weighted by Gasteiger charge is -2.11. The number of pyridine rings is 1. The smallest absolute Gasteiger partial charge is 0.335 e. The molecule has 1 amide bonds. The highest BCUT2D eigenvalue weighted by Crippen LogP contribution is 2.35. The van der Waals surface area contributed by atoms with Gasteiger partial charge >= 0.3 is 5.97 Å². The van der Waals surface area contributed by atoms with Crippen LogP contribution >= 0.6 is 11.8 Å². The Balaban J connectivity index is 1.72. The van der Waals surface area contributed by atoms with Gasteiger partial charge in [-0.05, 0) is 36.4 Å². The van der Waals surface area contributed by atoms with Crippen LogP contribution in [0.15, 0.2) is 52.1 Å². The van der Waals surface area contributed by atoms with Crippen molar-refractivity contribution in [2.45, 2.75) is 11.4 Å². The lowest BCUT2D eigenvalue weighted by molar-refractivity contribution is -0.115. The molecule has 0 unspecified atom stereocenters. The number of amides is 1. The Morgan fingerprint density at radius 2 is 1.87 bits per heavy atom. The Labute approximate surface area is 181 Å². The maximum Gasteiger partial charge on any atom is 0.335 e. The number of nitrogens with zero attached hydrogens (tertiary/aromatic N) is 3. The van der Waals surface area contributed by atoms with Gasteiger partial charge in [0.05, 0.1) is 23.0 Å². The summed E-state index contributed by atoms with van der Waals surface area (Å²) < 4.78 is 5.35. The average molecular weight is 433 g/mol. The van der Waals surface area contributed by atoms with Gasteiger partial charge < -0.3 is 20.6 Å². The highest BCUT2D eigenvalue weighted by atomic mass is 32.2. The van der Waals surface area contributed by atoms with Crippen molar-refractivity contribution >= 4 is 35.1 Å². The maximum absolute atomic E-state index is 12.2. The van der Waals surface area contributed by atoms with Gasteiger partial charge in [-0.15, -0.1) is 11.8 Å². The molecule has 0 fully saturated rings. The minimum Gasteiger partial charge on any atom is -0.478 e. The standard InChI is InChI=1S/C21H15N5O4S/c22-10-14-18(16-2-1-8-30-16)15(11-23)20(26-19(14)24)31-9-7-17(27)25-13-5-3-12(4-6-13)21(28)29/h1-6,8H,7,9H2,(H2,24,26)(H,25,27)(H,28,29). The lowest BCUT2D eigenvalue weighted by atomic mass is 10.0. The molecule has 10 heteroatoms. The van der Waals surface area contributed by atoms with Crippen LogP contribution in [-0.2, 0) is 4.79 Å². The van der Waals surface area contributed by atoms with Crippen LogP contribution in [0.25, 0.3) is 11.3 Å². The Hall–Kier alpha value is -4.28. The largest absolute Gasteiger partial charge is 0.478 e. The molecule has 0 atom stereocenters. The second-order valence-corrected chi connectivity index (χ2v) is 7.24. The van der Waals surface area contributed by atoms with E-state index < -0.39 is 5.97 Å². The topological polar surface area (TPSA) is 166 Å². The number of nitrogens with two attached hydrogens (primary N) is 1. The zero-order valence-corrected chi connectivity index (χ0v) is 16.8. The van der Waals surface area contributed by atoms with E-state index in [2.05, 4.69) is 10.3 Å². The van der Waals surface area contributed by atoms with Crippen molar-refractivity contribution in [2.24, 2.45) is 0 Å². The number of aromatic carboxylic acids is 1. The van der Waals surface area contributed by atoms with E-state index in [9.17, 15) is 20.1 Å². The SMILES string of the molecule is N#Cc1c(N)nc(SCCC(=O)Nc2ccc(C(=O)O)cc2)c(C#N)c1-c1ccco1. The molecular weight excluding hydrogens is 418 g/mol. The summed E-state index contributed by atoms with van der Waals surface area (Å²) in [5.41, 5.74) is 6.98. The number of nitrogens with one attached hydrogen (secondary N) is 1. The van der Waals surface area contributed by atoms with Crippen LogP contribution in [0.4, 0.5) is 11.5 Å². The summed E-state index contributed by atoms with van der Waals surface area (Å²) in [6, 6.07) is 13.0. The van der Waals surface area contributed by atoms with E-state index in [4.69, 9.17) is 15.3 Å². The molecule has 3 aromatic rings. The number of aromatic nitrogens is 1. The number of nitriles is 2. The minimum atomic E-state index is -1.05. The van der Waals surface area contributed by atoms with Crippen molar-refractivity contribution in [1.29, 1.82) is 10.5 Å². The van der Waals surface area contributed by atoms with Crippen LogP contribution in [0.1, 0.15) is 27.9 Å². The van der Waals surface area contributed by atoms with E-state index in [1.807, 2.05) is 12.1 Å². The number of hydrogen-bond donors (Lipinski definition) is 3. The molecule has 2 heterocycles. The number of rotatable bonds is 7.